The molecular weight excluding hydrogens is 298 g/mol. The summed E-state index contributed by atoms with van der Waals surface area (Å²) in [7, 11) is 2.20. The number of rotatable bonds is 5. The Morgan fingerprint density at radius 1 is 1.25 bits per heavy atom. The highest BCUT2D eigenvalue weighted by Gasteiger charge is 2.52. The van der Waals surface area contributed by atoms with Gasteiger partial charge in [-0.15, -0.1) is 0 Å². The maximum atomic E-state index is 12.7. The summed E-state index contributed by atoms with van der Waals surface area (Å²) in [6.45, 7) is 2.79. The van der Waals surface area contributed by atoms with Gasteiger partial charge in [0.1, 0.15) is 0 Å². The molecule has 0 aromatic carbocycles. The number of pyridine rings is 1. The number of hydrogen-bond donors (Lipinski definition) is 0. The minimum absolute atomic E-state index is 0.375. The van der Waals surface area contributed by atoms with Crippen molar-refractivity contribution in [1.82, 2.24) is 14.8 Å². The quantitative estimate of drug-likeness (QED) is 0.834. The molecule has 1 aromatic heterocycles. The van der Waals surface area contributed by atoms with Crippen LogP contribution < -0.4 is 0 Å². The summed E-state index contributed by atoms with van der Waals surface area (Å²) in [5.74, 6) is 2.46. The van der Waals surface area contributed by atoms with Crippen LogP contribution in [0.4, 0.5) is 0 Å². The second-order valence-corrected chi connectivity index (χ2v) is 7.99. The molecule has 0 N–H and O–H groups in total. The number of aromatic nitrogens is 1. The zero-order chi connectivity index (χ0) is 16.5. The van der Waals surface area contributed by atoms with E-state index in [9.17, 15) is 4.79 Å². The maximum Gasteiger partial charge on any atom is 0.225 e. The van der Waals surface area contributed by atoms with Gasteiger partial charge in [0.15, 0.2) is 0 Å². The Kier molecular flexibility index (Phi) is 4.57. The zero-order valence-electron chi connectivity index (χ0n) is 14.7. The molecule has 4 rings (SSSR count). The molecule has 1 saturated heterocycles. The smallest absolute Gasteiger partial charge is 0.225 e. The fraction of sp³-hybridized carbons (Fsp3) is 0.700. The highest BCUT2D eigenvalue weighted by atomic mass is 16.2. The first-order valence-corrected chi connectivity index (χ1v) is 9.61. The molecule has 130 valence electrons. The first kappa shape index (κ1) is 16.1. The number of hydrogen-bond acceptors (Lipinski definition) is 3. The Morgan fingerprint density at radius 2 is 2.12 bits per heavy atom. The Hall–Kier alpha value is -1.42. The lowest BCUT2D eigenvalue weighted by molar-refractivity contribution is -0.133. The van der Waals surface area contributed by atoms with E-state index in [-0.39, 0.29) is 0 Å². The van der Waals surface area contributed by atoms with Crippen molar-refractivity contribution >= 4 is 5.91 Å². The van der Waals surface area contributed by atoms with Crippen molar-refractivity contribution in [3.8, 4) is 0 Å². The summed E-state index contributed by atoms with van der Waals surface area (Å²) in [5.41, 5.74) is 1.13. The Balaban J connectivity index is 1.28. The van der Waals surface area contributed by atoms with E-state index in [1.807, 2.05) is 12.3 Å². The standard InChI is InChI=1S/C20H29N3O/c1-22(14-16-5-2-3-10-21-16)17-6-4-11-23(12-9-17)20(24)19-13-18(19)15-7-8-15/h2-3,5,10,15,17-19H,4,6-9,11-14H2,1H3/t17-,18+,19-/m1/s1. The lowest BCUT2D eigenvalue weighted by Crippen LogP contribution is -2.36. The summed E-state index contributed by atoms with van der Waals surface area (Å²) < 4.78 is 0. The zero-order valence-corrected chi connectivity index (χ0v) is 14.7. The molecule has 2 heterocycles. The van der Waals surface area contributed by atoms with E-state index in [2.05, 4.69) is 34.0 Å². The molecule has 2 saturated carbocycles. The van der Waals surface area contributed by atoms with Crippen molar-refractivity contribution < 1.29 is 4.79 Å². The first-order valence-electron chi connectivity index (χ1n) is 9.61. The van der Waals surface area contributed by atoms with E-state index in [0.717, 1.165) is 50.0 Å². The number of amides is 1. The van der Waals surface area contributed by atoms with E-state index in [1.165, 1.54) is 25.7 Å². The fourth-order valence-corrected chi connectivity index (χ4v) is 4.39. The maximum absolute atomic E-state index is 12.7. The number of carbonyl (C=O) groups is 1. The van der Waals surface area contributed by atoms with Gasteiger partial charge in [-0.1, -0.05) is 6.07 Å². The normalized spacial score (nSPS) is 30.2. The van der Waals surface area contributed by atoms with Gasteiger partial charge in [0.25, 0.3) is 0 Å². The molecule has 3 fully saturated rings. The van der Waals surface area contributed by atoms with Gasteiger partial charge in [0.2, 0.25) is 5.91 Å². The van der Waals surface area contributed by atoms with E-state index in [4.69, 9.17) is 0 Å². The van der Waals surface area contributed by atoms with Crippen molar-refractivity contribution in [2.24, 2.45) is 17.8 Å². The fourth-order valence-electron chi connectivity index (χ4n) is 4.39. The number of likely N-dealkylation sites (tertiary alicyclic amines) is 1. The summed E-state index contributed by atoms with van der Waals surface area (Å²) in [4.78, 5) is 21.7. The predicted molar refractivity (Wildman–Crippen MR) is 94.2 cm³/mol. The molecule has 4 heteroatoms. The van der Waals surface area contributed by atoms with Crippen molar-refractivity contribution in [1.29, 1.82) is 0 Å². The van der Waals surface area contributed by atoms with Gasteiger partial charge in [0, 0.05) is 37.8 Å². The second-order valence-electron chi connectivity index (χ2n) is 7.99. The van der Waals surface area contributed by atoms with Crippen LogP contribution in [-0.4, -0.2) is 46.9 Å². The van der Waals surface area contributed by atoms with Gasteiger partial charge in [-0.3, -0.25) is 14.7 Å². The summed E-state index contributed by atoms with van der Waals surface area (Å²) in [5, 5.41) is 0. The molecule has 3 aliphatic rings. The molecule has 2 aliphatic carbocycles. The third-order valence-corrected chi connectivity index (χ3v) is 6.15. The van der Waals surface area contributed by atoms with Crippen LogP contribution >= 0.6 is 0 Å². The minimum atomic E-state index is 0.375. The lowest BCUT2D eigenvalue weighted by atomic mass is 10.1. The van der Waals surface area contributed by atoms with Crippen LogP contribution in [0.15, 0.2) is 24.4 Å². The van der Waals surface area contributed by atoms with Crippen LogP contribution in [-0.2, 0) is 11.3 Å². The van der Waals surface area contributed by atoms with Crippen LogP contribution in [0.5, 0.6) is 0 Å². The summed E-state index contributed by atoms with van der Waals surface area (Å²) in [6, 6.07) is 6.66. The van der Waals surface area contributed by atoms with Crippen molar-refractivity contribution in [3.63, 3.8) is 0 Å². The molecule has 0 radical (unpaired) electrons. The van der Waals surface area contributed by atoms with E-state index in [0.29, 0.717) is 17.9 Å². The van der Waals surface area contributed by atoms with E-state index in [1.54, 1.807) is 0 Å². The molecule has 4 nitrogen and oxygen atoms in total. The molecule has 1 aliphatic heterocycles. The molecule has 1 amide bonds. The Bertz CT molecular complexity index is 572. The van der Waals surface area contributed by atoms with Gasteiger partial charge in [-0.05, 0) is 69.5 Å². The number of nitrogens with zero attached hydrogens (tertiary/aromatic N) is 3. The summed E-state index contributed by atoms with van der Waals surface area (Å²) >= 11 is 0. The van der Waals surface area contributed by atoms with E-state index >= 15 is 0 Å². The van der Waals surface area contributed by atoms with Gasteiger partial charge >= 0.3 is 0 Å². The van der Waals surface area contributed by atoms with Crippen LogP contribution in [0, 0.1) is 17.8 Å². The van der Waals surface area contributed by atoms with Crippen molar-refractivity contribution in [2.75, 3.05) is 20.1 Å². The minimum Gasteiger partial charge on any atom is -0.342 e. The third kappa shape index (κ3) is 3.64. The van der Waals surface area contributed by atoms with Gasteiger partial charge in [0.05, 0.1) is 5.69 Å². The summed E-state index contributed by atoms with van der Waals surface area (Å²) in [6.07, 6.45) is 9.18. The SMILES string of the molecule is CN(Cc1ccccn1)[C@@H]1CCCN(C(=O)[C@@H]2C[C@H]2C2CC2)CC1. The topological polar surface area (TPSA) is 36.4 Å². The van der Waals surface area contributed by atoms with E-state index < -0.39 is 0 Å². The molecule has 24 heavy (non-hydrogen) atoms. The Labute approximate surface area is 145 Å². The monoisotopic (exact) mass is 327 g/mol. The van der Waals surface area contributed by atoms with Crippen molar-refractivity contribution in [2.45, 2.75) is 51.1 Å². The largest absolute Gasteiger partial charge is 0.342 e. The van der Waals surface area contributed by atoms with Crippen LogP contribution in [0.2, 0.25) is 0 Å². The van der Waals surface area contributed by atoms with Gasteiger partial charge < -0.3 is 4.90 Å². The molecule has 0 unspecified atom stereocenters. The van der Waals surface area contributed by atoms with Crippen LogP contribution in [0.25, 0.3) is 0 Å². The second kappa shape index (κ2) is 6.83. The highest BCUT2D eigenvalue weighted by Crippen LogP contribution is 2.55. The molecular formula is C20H29N3O. The molecule has 3 atom stereocenters. The van der Waals surface area contributed by atoms with Gasteiger partial charge in [-0.25, -0.2) is 0 Å². The average molecular weight is 327 g/mol. The Morgan fingerprint density at radius 3 is 2.88 bits per heavy atom. The first-order chi connectivity index (χ1) is 11.7. The average Bonchev–Trinajstić information content (AvgIpc) is 3.48. The van der Waals surface area contributed by atoms with Crippen LogP contribution in [0.1, 0.15) is 44.2 Å². The number of carbonyl (C=O) groups excluding carboxylic acids is 1. The lowest BCUT2D eigenvalue weighted by Gasteiger charge is -2.27. The van der Waals surface area contributed by atoms with Crippen LogP contribution in [0.3, 0.4) is 0 Å². The molecule has 1 aromatic rings. The predicted octanol–water partition coefficient (Wildman–Crippen LogP) is 2.94. The highest BCUT2D eigenvalue weighted by molar-refractivity contribution is 5.81. The molecule has 0 bridgehead atoms. The third-order valence-electron chi connectivity index (χ3n) is 6.15. The van der Waals surface area contributed by atoms with Crippen molar-refractivity contribution in [3.05, 3.63) is 30.1 Å². The van der Waals surface area contributed by atoms with Gasteiger partial charge in [-0.2, -0.15) is 0 Å². The molecule has 0 spiro atoms.